The summed E-state index contributed by atoms with van der Waals surface area (Å²) in [5, 5.41) is 26.9. The molecule has 5 atom stereocenters. The number of aliphatic carboxylic acids is 1. The van der Waals surface area contributed by atoms with E-state index in [-0.39, 0.29) is 18.6 Å². The number of aliphatic hydroxyl groups excluding tert-OH is 1. The summed E-state index contributed by atoms with van der Waals surface area (Å²) in [6.07, 6.45) is 1.42. The van der Waals surface area contributed by atoms with E-state index in [9.17, 15) is 29.4 Å². The van der Waals surface area contributed by atoms with Gasteiger partial charge in [-0.3, -0.25) is 14.4 Å². The number of carbonyl (C=O) groups excluding carboxylic acids is 3. The topological polar surface area (TPSA) is 200 Å². The Balaban J connectivity index is 2.16. The number of hydrogen-bond donors (Lipinski definition) is 8. The van der Waals surface area contributed by atoms with Crippen LogP contribution in [0.1, 0.15) is 18.2 Å². The average Bonchev–Trinajstić information content (AvgIpc) is 3.34. The minimum absolute atomic E-state index is 0.0527. The highest BCUT2D eigenvalue weighted by Crippen LogP contribution is 2.06. The number of aromatic nitrogens is 2. The number of rotatable bonds is 13. The molecular formula is C22H30N6O6S. The minimum atomic E-state index is -1.49. The first-order chi connectivity index (χ1) is 16.6. The number of nitrogens with zero attached hydrogens (tertiary/aromatic N) is 1. The van der Waals surface area contributed by atoms with Gasteiger partial charge in [0.2, 0.25) is 17.7 Å². The van der Waals surface area contributed by atoms with E-state index in [1.807, 2.05) is 0 Å². The SMILES string of the molecule is CC(O)C(NC(=O)C(Cc1ccccc1)NC(=O)C(N)CS)C(=O)NC(Cc1cnc[nH]1)C(=O)O. The zero-order valence-corrected chi connectivity index (χ0v) is 19.9. The molecule has 0 aliphatic rings. The summed E-state index contributed by atoms with van der Waals surface area (Å²) in [5.41, 5.74) is 6.91. The average molecular weight is 507 g/mol. The van der Waals surface area contributed by atoms with Crippen molar-refractivity contribution in [3.8, 4) is 0 Å². The van der Waals surface area contributed by atoms with Crippen molar-refractivity contribution >= 4 is 36.3 Å². The number of hydrogen-bond acceptors (Lipinski definition) is 8. The number of aliphatic hydroxyl groups is 1. The lowest BCUT2D eigenvalue weighted by Crippen LogP contribution is -2.60. The van der Waals surface area contributed by atoms with Crippen molar-refractivity contribution in [3.63, 3.8) is 0 Å². The lowest BCUT2D eigenvalue weighted by Gasteiger charge is -2.26. The monoisotopic (exact) mass is 506 g/mol. The van der Waals surface area contributed by atoms with Crippen molar-refractivity contribution in [1.29, 1.82) is 0 Å². The van der Waals surface area contributed by atoms with Crippen LogP contribution in [-0.4, -0.2) is 79.9 Å². The number of imidazole rings is 1. The third kappa shape index (κ3) is 8.70. The molecule has 0 saturated heterocycles. The predicted molar refractivity (Wildman–Crippen MR) is 129 cm³/mol. The molecule has 0 saturated carbocycles. The Morgan fingerprint density at radius 1 is 1.03 bits per heavy atom. The molecule has 8 N–H and O–H groups in total. The van der Waals surface area contributed by atoms with E-state index in [0.29, 0.717) is 5.69 Å². The Labute approximate surface area is 207 Å². The van der Waals surface area contributed by atoms with Gasteiger partial charge in [-0.05, 0) is 12.5 Å². The summed E-state index contributed by atoms with van der Waals surface area (Å²) in [4.78, 5) is 56.4. The molecule has 0 fully saturated rings. The molecule has 0 radical (unpaired) electrons. The lowest BCUT2D eigenvalue weighted by atomic mass is 10.0. The maximum Gasteiger partial charge on any atom is 0.326 e. The third-order valence-corrected chi connectivity index (χ3v) is 5.50. The number of nitrogens with two attached hydrogens (primary N) is 1. The number of carboxylic acid groups (broad SMARTS) is 1. The number of thiol groups is 1. The summed E-state index contributed by atoms with van der Waals surface area (Å²) in [7, 11) is 0. The second-order valence-corrected chi connectivity index (χ2v) is 8.31. The molecule has 12 nitrogen and oxygen atoms in total. The summed E-state index contributed by atoms with van der Waals surface area (Å²) in [5.74, 6) is -3.53. The van der Waals surface area contributed by atoms with E-state index in [1.165, 1.54) is 19.4 Å². The number of aromatic amines is 1. The van der Waals surface area contributed by atoms with E-state index in [2.05, 4.69) is 38.5 Å². The standard InChI is InChI=1S/C22H30N6O6S/c1-12(29)18(21(32)27-17(22(33)34)8-14-9-24-11-25-14)28-20(31)16(26-19(30)15(23)10-35)7-13-5-3-2-4-6-13/h2-6,9,11-12,15-18,29,35H,7-8,10,23H2,1H3,(H,24,25)(H,26,30)(H,27,32)(H,28,31)(H,33,34). The molecule has 190 valence electrons. The number of carbonyl (C=O) groups is 4. The highest BCUT2D eigenvalue weighted by atomic mass is 32.1. The van der Waals surface area contributed by atoms with E-state index in [0.717, 1.165) is 5.56 Å². The Morgan fingerprint density at radius 3 is 2.23 bits per heavy atom. The minimum Gasteiger partial charge on any atom is -0.480 e. The summed E-state index contributed by atoms with van der Waals surface area (Å²) in [6.45, 7) is 1.27. The molecule has 0 aliphatic heterocycles. The van der Waals surface area contributed by atoms with Crippen LogP contribution in [0, 0.1) is 0 Å². The number of nitrogens with one attached hydrogen (secondary N) is 4. The van der Waals surface area contributed by atoms with Crippen molar-refractivity contribution in [2.45, 2.75) is 50.0 Å². The molecule has 13 heteroatoms. The van der Waals surface area contributed by atoms with Gasteiger partial charge in [-0.15, -0.1) is 0 Å². The molecular weight excluding hydrogens is 476 g/mol. The Bertz CT molecular complexity index is 988. The van der Waals surface area contributed by atoms with Crippen LogP contribution in [0.3, 0.4) is 0 Å². The molecule has 3 amide bonds. The van der Waals surface area contributed by atoms with Crippen molar-refractivity contribution < 1.29 is 29.4 Å². The summed E-state index contributed by atoms with van der Waals surface area (Å²) >= 11 is 3.99. The normalized spacial score (nSPS) is 15.2. The van der Waals surface area contributed by atoms with Gasteiger partial charge in [0.25, 0.3) is 0 Å². The maximum absolute atomic E-state index is 13.1. The van der Waals surface area contributed by atoms with Crippen LogP contribution in [0.5, 0.6) is 0 Å². The largest absolute Gasteiger partial charge is 0.480 e. The van der Waals surface area contributed by atoms with Crippen LogP contribution in [0.25, 0.3) is 0 Å². The van der Waals surface area contributed by atoms with Gasteiger partial charge in [-0.1, -0.05) is 30.3 Å². The van der Waals surface area contributed by atoms with Crippen LogP contribution < -0.4 is 21.7 Å². The van der Waals surface area contributed by atoms with Crippen LogP contribution in [-0.2, 0) is 32.0 Å². The molecule has 2 rings (SSSR count). The van der Waals surface area contributed by atoms with Gasteiger partial charge < -0.3 is 36.9 Å². The van der Waals surface area contributed by atoms with Gasteiger partial charge in [0.05, 0.1) is 18.5 Å². The van der Waals surface area contributed by atoms with Gasteiger partial charge in [-0.2, -0.15) is 12.6 Å². The zero-order chi connectivity index (χ0) is 26.0. The van der Waals surface area contributed by atoms with Crippen LogP contribution in [0.2, 0.25) is 0 Å². The number of H-pyrrole nitrogens is 1. The van der Waals surface area contributed by atoms with Crippen LogP contribution in [0.15, 0.2) is 42.9 Å². The molecule has 2 aromatic rings. The fourth-order valence-electron chi connectivity index (χ4n) is 3.16. The van der Waals surface area contributed by atoms with Crippen molar-refractivity contribution in [2.75, 3.05) is 5.75 Å². The quantitative estimate of drug-likeness (QED) is 0.148. The molecule has 1 aromatic heterocycles. The fraction of sp³-hybridized carbons (Fsp3) is 0.409. The van der Waals surface area contributed by atoms with Crippen LogP contribution >= 0.6 is 12.6 Å². The first-order valence-corrected chi connectivity index (χ1v) is 11.4. The van der Waals surface area contributed by atoms with Crippen LogP contribution in [0.4, 0.5) is 0 Å². The number of carboxylic acids is 1. The summed E-state index contributed by atoms with van der Waals surface area (Å²) < 4.78 is 0. The molecule has 0 aliphatic carbocycles. The molecule has 35 heavy (non-hydrogen) atoms. The first-order valence-electron chi connectivity index (χ1n) is 10.8. The van der Waals surface area contributed by atoms with Crippen molar-refractivity contribution in [2.24, 2.45) is 5.73 Å². The molecule has 0 spiro atoms. The zero-order valence-electron chi connectivity index (χ0n) is 19.0. The Morgan fingerprint density at radius 2 is 1.69 bits per heavy atom. The highest BCUT2D eigenvalue weighted by Gasteiger charge is 2.33. The van der Waals surface area contributed by atoms with Gasteiger partial charge >= 0.3 is 5.97 Å². The van der Waals surface area contributed by atoms with E-state index in [4.69, 9.17) is 5.73 Å². The number of benzene rings is 1. The van der Waals surface area contributed by atoms with Gasteiger partial charge in [0.1, 0.15) is 18.1 Å². The van der Waals surface area contributed by atoms with Crippen molar-refractivity contribution in [1.82, 2.24) is 25.9 Å². The second kappa shape index (κ2) is 13.5. The third-order valence-electron chi connectivity index (χ3n) is 5.11. The molecule has 5 unspecified atom stereocenters. The fourth-order valence-corrected chi connectivity index (χ4v) is 3.32. The second-order valence-electron chi connectivity index (χ2n) is 7.95. The molecule has 1 aromatic carbocycles. The van der Waals surface area contributed by atoms with Gasteiger partial charge in [0, 0.05) is 30.5 Å². The number of amides is 3. The maximum atomic E-state index is 13.1. The van der Waals surface area contributed by atoms with Crippen molar-refractivity contribution in [3.05, 3.63) is 54.1 Å². The van der Waals surface area contributed by atoms with Gasteiger partial charge in [-0.25, -0.2) is 9.78 Å². The molecule has 1 heterocycles. The Kier molecular flexibility index (Phi) is 10.7. The smallest absolute Gasteiger partial charge is 0.326 e. The summed E-state index contributed by atoms with van der Waals surface area (Å²) in [6, 6.07) is 3.95. The Hall–Kier alpha value is -3.42. The highest BCUT2D eigenvalue weighted by molar-refractivity contribution is 7.80. The molecule has 0 bridgehead atoms. The van der Waals surface area contributed by atoms with E-state index >= 15 is 0 Å². The van der Waals surface area contributed by atoms with E-state index in [1.54, 1.807) is 30.3 Å². The lowest BCUT2D eigenvalue weighted by molar-refractivity contribution is -0.143. The van der Waals surface area contributed by atoms with E-state index < -0.39 is 54.0 Å². The predicted octanol–water partition coefficient (Wildman–Crippen LogP) is -1.63. The van der Waals surface area contributed by atoms with Gasteiger partial charge in [0.15, 0.2) is 0 Å². The first kappa shape index (κ1) is 27.8.